The molecule has 2 heterocycles. The fourth-order valence-corrected chi connectivity index (χ4v) is 3.67. The van der Waals surface area contributed by atoms with Gasteiger partial charge in [0.2, 0.25) is 0 Å². The number of amides is 1. The standard InChI is InChI=1S/C20H19F3N4O2S/c1-24-10-4-12-27-17(14-6-8-15(9-7-14)29-20(21,22)23)13-30-19(27)26-18(28)16-5-2-3-11-25-16/h2-3,5-9,11,13,24H,4,10,12H2,1H3. The van der Waals surface area contributed by atoms with Crippen LogP contribution in [0.25, 0.3) is 11.3 Å². The third kappa shape index (κ3) is 5.77. The minimum atomic E-state index is -4.74. The maximum Gasteiger partial charge on any atom is 0.573 e. The second-order valence-electron chi connectivity index (χ2n) is 6.22. The number of carbonyl (C=O) groups excluding carboxylic acids is 1. The minimum Gasteiger partial charge on any atom is -0.406 e. The van der Waals surface area contributed by atoms with Gasteiger partial charge in [-0.15, -0.1) is 24.5 Å². The predicted molar refractivity (Wildman–Crippen MR) is 107 cm³/mol. The van der Waals surface area contributed by atoms with Crippen LogP contribution in [-0.2, 0) is 6.54 Å². The molecule has 0 spiro atoms. The highest BCUT2D eigenvalue weighted by Gasteiger charge is 2.31. The number of hydrogen-bond acceptors (Lipinski definition) is 5. The lowest BCUT2D eigenvalue weighted by Crippen LogP contribution is -2.21. The molecule has 0 bridgehead atoms. The van der Waals surface area contributed by atoms with Crippen molar-refractivity contribution in [1.82, 2.24) is 14.9 Å². The number of hydrogen-bond donors (Lipinski definition) is 1. The van der Waals surface area contributed by atoms with Gasteiger partial charge in [0.05, 0.1) is 5.69 Å². The Morgan fingerprint density at radius 1 is 1.23 bits per heavy atom. The van der Waals surface area contributed by atoms with E-state index < -0.39 is 12.3 Å². The topological polar surface area (TPSA) is 68.5 Å². The van der Waals surface area contributed by atoms with E-state index in [1.807, 2.05) is 17.0 Å². The van der Waals surface area contributed by atoms with E-state index >= 15 is 0 Å². The van der Waals surface area contributed by atoms with Crippen LogP contribution in [0.4, 0.5) is 13.2 Å². The number of ether oxygens (including phenoxy) is 1. The number of alkyl halides is 3. The SMILES string of the molecule is CNCCCn1c(-c2ccc(OC(F)(F)F)cc2)csc1=NC(=O)c1ccccn1. The average molecular weight is 436 g/mol. The van der Waals surface area contributed by atoms with Crippen LogP contribution in [0.2, 0.25) is 0 Å². The zero-order valence-corrected chi connectivity index (χ0v) is 16.8. The first kappa shape index (κ1) is 21.7. The Bertz CT molecular complexity index is 1040. The van der Waals surface area contributed by atoms with Crippen molar-refractivity contribution >= 4 is 17.2 Å². The lowest BCUT2D eigenvalue weighted by molar-refractivity contribution is -0.274. The Kier molecular flexibility index (Phi) is 7.01. The largest absolute Gasteiger partial charge is 0.573 e. The van der Waals surface area contributed by atoms with E-state index in [0.29, 0.717) is 16.9 Å². The molecule has 0 fully saturated rings. The van der Waals surface area contributed by atoms with E-state index in [-0.39, 0.29) is 11.4 Å². The van der Waals surface area contributed by atoms with E-state index in [1.165, 1.54) is 29.7 Å². The highest BCUT2D eigenvalue weighted by molar-refractivity contribution is 7.07. The summed E-state index contributed by atoms with van der Waals surface area (Å²) < 4.78 is 43.0. The molecule has 1 amide bonds. The summed E-state index contributed by atoms with van der Waals surface area (Å²) in [4.78, 5) is 21.2. The van der Waals surface area contributed by atoms with Crippen LogP contribution in [0, 0.1) is 0 Å². The number of benzene rings is 1. The van der Waals surface area contributed by atoms with Crippen molar-refractivity contribution in [2.24, 2.45) is 4.99 Å². The zero-order chi connectivity index (χ0) is 21.6. The smallest absolute Gasteiger partial charge is 0.406 e. The summed E-state index contributed by atoms with van der Waals surface area (Å²) in [5.41, 5.74) is 1.68. The molecular formula is C20H19F3N4O2S. The quantitative estimate of drug-likeness (QED) is 0.571. The van der Waals surface area contributed by atoms with E-state index in [9.17, 15) is 18.0 Å². The highest BCUT2D eigenvalue weighted by atomic mass is 32.1. The van der Waals surface area contributed by atoms with Crippen molar-refractivity contribution < 1.29 is 22.7 Å². The molecule has 10 heteroatoms. The van der Waals surface area contributed by atoms with Gasteiger partial charge in [0.25, 0.3) is 5.91 Å². The van der Waals surface area contributed by atoms with Crippen molar-refractivity contribution in [3.8, 4) is 17.0 Å². The average Bonchev–Trinajstić information content (AvgIpc) is 3.10. The molecule has 0 unspecified atom stereocenters. The van der Waals surface area contributed by atoms with Crippen molar-refractivity contribution in [2.45, 2.75) is 19.3 Å². The molecule has 158 valence electrons. The first-order valence-corrected chi connectivity index (χ1v) is 9.94. The maximum absolute atomic E-state index is 12.4. The number of nitrogens with one attached hydrogen (secondary N) is 1. The summed E-state index contributed by atoms with van der Waals surface area (Å²) in [7, 11) is 1.84. The molecule has 0 aliphatic rings. The second-order valence-corrected chi connectivity index (χ2v) is 7.05. The Morgan fingerprint density at radius 2 is 2.00 bits per heavy atom. The molecule has 0 aliphatic carbocycles. The maximum atomic E-state index is 12.4. The number of halogens is 3. The lowest BCUT2D eigenvalue weighted by Gasteiger charge is -2.11. The summed E-state index contributed by atoms with van der Waals surface area (Å²) in [5, 5.41) is 4.89. The third-order valence-corrected chi connectivity index (χ3v) is 4.93. The summed E-state index contributed by atoms with van der Waals surface area (Å²) in [6.45, 7) is 1.34. The van der Waals surface area contributed by atoms with Crippen molar-refractivity contribution in [3.63, 3.8) is 0 Å². The van der Waals surface area contributed by atoms with Crippen molar-refractivity contribution in [1.29, 1.82) is 0 Å². The van der Waals surface area contributed by atoms with Gasteiger partial charge in [-0.05, 0) is 62.0 Å². The van der Waals surface area contributed by atoms with Gasteiger partial charge in [-0.1, -0.05) is 6.07 Å². The molecule has 3 rings (SSSR count). The molecule has 1 N–H and O–H groups in total. The molecule has 0 saturated heterocycles. The summed E-state index contributed by atoms with van der Waals surface area (Å²) >= 11 is 1.28. The van der Waals surface area contributed by atoms with Crippen LogP contribution in [0.1, 0.15) is 16.9 Å². The van der Waals surface area contributed by atoms with Gasteiger partial charge in [-0.25, -0.2) is 0 Å². The van der Waals surface area contributed by atoms with Gasteiger partial charge in [0, 0.05) is 18.1 Å². The normalized spacial score (nSPS) is 12.2. The molecule has 30 heavy (non-hydrogen) atoms. The first-order chi connectivity index (χ1) is 14.4. The zero-order valence-electron chi connectivity index (χ0n) is 16.0. The molecule has 1 aromatic carbocycles. The molecule has 0 radical (unpaired) electrons. The summed E-state index contributed by atoms with van der Waals surface area (Å²) in [6, 6.07) is 10.6. The van der Waals surface area contributed by atoms with Gasteiger partial charge in [-0.2, -0.15) is 4.99 Å². The summed E-state index contributed by atoms with van der Waals surface area (Å²) in [5.74, 6) is -0.751. The Balaban J connectivity index is 1.94. The van der Waals surface area contributed by atoms with Crippen molar-refractivity contribution in [3.05, 3.63) is 64.5 Å². The van der Waals surface area contributed by atoms with Gasteiger partial charge < -0.3 is 14.6 Å². The number of thiazole rings is 1. The predicted octanol–water partition coefficient (Wildman–Crippen LogP) is 3.86. The van der Waals surface area contributed by atoms with E-state index in [0.717, 1.165) is 18.7 Å². The number of nitrogens with zero attached hydrogens (tertiary/aromatic N) is 3. The van der Waals surface area contributed by atoms with Crippen LogP contribution >= 0.6 is 11.3 Å². The van der Waals surface area contributed by atoms with E-state index in [1.54, 1.807) is 30.3 Å². The number of carbonyl (C=O) groups is 1. The van der Waals surface area contributed by atoms with Crippen LogP contribution in [0.5, 0.6) is 5.75 Å². The van der Waals surface area contributed by atoms with Crippen LogP contribution in [0.3, 0.4) is 0 Å². The van der Waals surface area contributed by atoms with Gasteiger partial charge in [0.1, 0.15) is 11.4 Å². The molecule has 0 saturated carbocycles. The highest BCUT2D eigenvalue weighted by Crippen LogP contribution is 2.27. The fourth-order valence-electron chi connectivity index (χ4n) is 2.74. The molecular weight excluding hydrogens is 417 g/mol. The minimum absolute atomic E-state index is 0.239. The Labute approximate surface area is 174 Å². The first-order valence-electron chi connectivity index (χ1n) is 9.06. The fraction of sp³-hybridized carbons (Fsp3) is 0.250. The molecule has 0 atom stereocenters. The third-order valence-electron chi connectivity index (χ3n) is 4.07. The van der Waals surface area contributed by atoms with Crippen LogP contribution in [-0.4, -0.2) is 35.4 Å². The lowest BCUT2D eigenvalue weighted by atomic mass is 10.1. The number of rotatable bonds is 7. The summed E-state index contributed by atoms with van der Waals surface area (Å²) in [6.07, 6.45) is -2.44. The van der Waals surface area contributed by atoms with Crippen molar-refractivity contribution in [2.75, 3.05) is 13.6 Å². The van der Waals surface area contributed by atoms with Crippen LogP contribution < -0.4 is 14.9 Å². The molecule has 2 aromatic heterocycles. The number of pyridine rings is 1. The number of aromatic nitrogens is 2. The Morgan fingerprint density at radius 3 is 2.63 bits per heavy atom. The van der Waals surface area contributed by atoms with E-state index in [4.69, 9.17) is 0 Å². The van der Waals surface area contributed by atoms with Gasteiger partial charge >= 0.3 is 6.36 Å². The monoisotopic (exact) mass is 436 g/mol. The van der Waals surface area contributed by atoms with Gasteiger partial charge in [0.15, 0.2) is 4.80 Å². The molecule has 0 aliphatic heterocycles. The van der Waals surface area contributed by atoms with Gasteiger partial charge in [-0.3, -0.25) is 9.78 Å². The second kappa shape index (κ2) is 9.68. The molecule has 3 aromatic rings. The van der Waals surface area contributed by atoms with E-state index in [2.05, 4.69) is 20.0 Å². The molecule has 6 nitrogen and oxygen atoms in total. The Hall–Kier alpha value is -2.98. The van der Waals surface area contributed by atoms with Crippen LogP contribution in [0.15, 0.2) is 59.0 Å².